The number of nitrogens with zero attached hydrogens (tertiary/aromatic N) is 1. The van der Waals surface area contributed by atoms with Crippen LogP contribution in [0.4, 0.5) is 10.8 Å². The molecule has 3 rings (SSSR count). The molecular weight excluding hydrogens is 402 g/mol. The van der Waals surface area contributed by atoms with E-state index in [2.05, 4.69) is 31.5 Å². The van der Waals surface area contributed by atoms with Gasteiger partial charge in [-0.05, 0) is 43.5 Å². The zero-order valence-corrected chi connectivity index (χ0v) is 16.4. The molecule has 0 spiro atoms. The number of thiazole rings is 1. The van der Waals surface area contributed by atoms with Crippen LogP contribution in [-0.4, -0.2) is 16.8 Å². The molecule has 0 atom stereocenters. The van der Waals surface area contributed by atoms with Crippen LogP contribution >= 0.6 is 27.3 Å². The van der Waals surface area contributed by atoms with Gasteiger partial charge in [0.05, 0.1) is 12.1 Å². The van der Waals surface area contributed by atoms with E-state index in [1.54, 1.807) is 0 Å². The summed E-state index contributed by atoms with van der Waals surface area (Å²) in [5, 5.41) is 8.13. The maximum Gasteiger partial charge on any atom is 0.230 e. The van der Waals surface area contributed by atoms with E-state index in [9.17, 15) is 9.59 Å². The first-order valence-corrected chi connectivity index (χ1v) is 10.00. The third-order valence-electron chi connectivity index (χ3n) is 4.29. The number of hydrogen-bond donors (Lipinski definition) is 2. The number of carbonyl (C=O) groups excluding carboxylic acids is 2. The average Bonchev–Trinajstić information content (AvgIpc) is 3.23. The zero-order chi connectivity index (χ0) is 17.8. The fraction of sp³-hybridized carbons (Fsp3) is 0.389. The molecule has 5 nitrogen and oxygen atoms in total. The SMILES string of the molecule is Cc1cc(NC(=O)Cc2csc(NC(=O)C3CCCC3)n2)ccc1Br. The first-order chi connectivity index (χ1) is 12.0. The summed E-state index contributed by atoms with van der Waals surface area (Å²) in [5.74, 6) is 0.0326. The Balaban J connectivity index is 1.54. The van der Waals surface area contributed by atoms with Gasteiger partial charge < -0.3 is 10.6 Å². The van der Waals surface area contributed by atoms with Gasteiger partial charge >= 0.3 is 0 Å². The Bertz CT molecular complexity index is 784. The van der Waals surface area contributed by atoms with Gasteiger partial charge in [-0.2, -0.15) is 0 Å². The molecule has 2 amide bonds. The van der Waals surface area contributed by atoms with Crippen molar-refractivity contribution in [2.45, 2.75) is 39.0 Å². The molecule has 1 saturated carbocycles. The first-order valence-electron chi connectivity index (χ1n) is 8.32. The van der Waals surface area contributed by atoms with E-state index in [-0.39, 0.29) is 24.2 Å². The fourth-order valence-electron chi connectivity index (χ4n) is 2.93. The minimum Gasteiger partial charge on any atom is -0.326 e. The van der Waals surface area contributed by atoms with Crippen LogP contribution in [0.15, 0.2) is 28.1 Å². The highest BCUT2D eigenvalue weighted by atomic mass is 79.9. The molecule has 1 fully saturated rings. The van der Waals surface area contributed by atoms with Crippen molar-refractivity contribution in [1.29, 1.82) is 0 Å². The molecule has 0 bridgehead atoms. The van der Waals surface area contributed by atoms with Crippen molar-refractivity contribution in [2.75, 3.05) is 10.6 Å². The van der Waals surface area contributed by atoms with E-state index in [1.807, 2.05) is 30.5 Å². The van der Waals surface area contributed by atoms with Crippen LogP contribution in [0.1, 0.15) is 36.9 Å². The van der Waals surface area contributed by atoms with Crippen molar-refractivity contribution >= 4 is 49.9 Å². The largest absolute Gasteiger partial charge is 0.326 e. The molecule has 7 heteroatoms. The molecule has 1 aliphatic rings. The van der Waals surface area contributed by atoms with Crippen LogP contribution in [0, 0.1) is 12.8 Å². The van der Waals surface area contributed by atoms with Gasteiger partial charge in [-0.15, -0.1) is 11.3 Å². The fourth-order valence-corrected chi connectivity index (χ4v) is 3.89. The molecule has 0 radical (unpaired) electrons. The highest BCUT2D eigenvalue weighted by Crippen LogP contribution is 2.27. The molecular formula is C18H20BrN3O2S. The molecule has 2 aromatic rings. The predicted octanol–water partition coefficient (Wildman–Crippen LogP) is 4.52. The second kappa shape index (κ2) is 8.10. The molecule has 1 aliphatic carbocycles. The van der Waals surface area contributed by atoms with Crippen molar-refractivity contribution in [3.05, 3.63) is 39.3 Å². The van der Waals surface area contributed by atoms with Crippen LogP contribution in [0.2, 0.25) is 0 Å². The standard InChI is InChI=1S/C18H20BrN3O2S/c1-11-8-13(6-7-15(11)19)20-16(23)9-14-10-25-18(21-14)22-17(24)12-4-2-3-5-12/h6-8,10,12H,2-5,9H2,1H3,(H,20,23)(H,21,22,24). The maximum atomic E-state index is 12.2. The number of halogens is 1. The Hall–Kier alpha value is -1.73. The zero-order valence-electron chi connectivity index (χ0n) is 14.0. The molecule has 0 unspecified atom stereocenters. The molecule has 1 aromatic heterocycles. The Kier molecular flexibility index (Phi) is 5.86. The van der Waals surface area contributed by atoms with Gasteiger partial charge in [0.2, 0.25) is 11.8 Å². The minimum atomic E-state index is -0.124. The van der Waals surface area contributed by atoms with Crippen molar-refractivity contribution in [2.24, 2.45) is 5.92 Å². The second-order valence-corrected chi connectivity index (χ2v) is 8.02. The number of rotatable bonds is 5. The smallest absolute Gasteiger partial charge is 0.230 e. The number of aromatic nitrogens is 1. The van der Waals surface area contributed by atoms with Gasteiger partial charge in [-0.1, -0.05) is 28.8 Å². The van der Waals surface area contributed by atoms with Crippen LogP contribution in [0.5, 0.6) is 0 Å². The summed E-state index contributed by atoms with van der Waals surface area (Å²) >= 11 is 4.80. The lowest BCUT2D eigenvalue weighted by atomic mass is 10.1. The number of hydrogen-bond acceptors (Lipinski definition) is 4. The normalized spacial score (nSPS) is 14.5. The van der Waals surface area contributed by atoms with Crippen molar-refractivity contribution in [1.82, 2.24) is 4.98 Å². The van der Waals surface area contributed by atoms with Gasteiger partial charge in [-0.3, -0.25) is 9.59 Å². The molecule has 0 aliphatic heterocycles. The highest BCUT2D eigenvalue weighted by Gasteiger charge is 2.23. The summed E-state index contributed by atoms with van der Waals surface area (Å²) in [6, 6.07) is 5.67. The highest BCUT2D eigenvalue weighted by molar-refractivity contribution is 9.10. The van der Waals surface area contributed by atoms with E-state index in [1.165, 1.54) is 11.3 Å². The van der Waals surface area contributed by atoms with Gasteiger partial charge in [0.1, 0.15) is 0 Å². The number of carbonyl (C=O) groups is 2. The summed E-state index contributed by atoms with van der Waals surface area (Å²) in [4.78, 5) is 28.6. The van der Waals surface area contributed by atoms with Gasteiger partial charge in [-0.25, -0.2) is 4.98 Å². The lowest BCUT2D eigenvalue weighted by Gasteiger charge is -2.07. The van der Waals surface area contributed by atoms with E-state index in [0.717, 1.165) is 41.4 Å². The van der Waals surface area contributed by atoms with E-state index in [0.29, 0.717) is 10.8 Å². The lowest BCUT2D eigenvalue weighted by molar-refractivity contribution is -0.119. The summed E-state index contributed by atoms with van der Waals surface area (Å²) in [6.45, 7) is 1.97. The number of nitrogens with one attached hydrogen (secondary N) is 2. The maximum absolute atomic E-state index is 12.2. The van der Waals surface area contributed by atoms with Crippen molar-refractivity contribution in [3.8, 4) is 0 Å². The van der Waals surface area contributed by atoms with Crippen LogP contribution in [0.3, 0.4) is 0 Å². The molecule has 1 aromatic carbocycles. The summed E-state index contributed by atoms with van der Waals surface area (Å²) in [5.41, 5.74) is 2.48. The number of anilines is 2. The molecule has 0 saturated heterocycles. The van der Waals surface area contributed by atoms with Crippen LogP contribution in [0.25, 0.3) is 0 Å². The summed E-state index contributed by atoms with van der Waals surface area (Å²) < 4.78 is 1.01. The number of aryl methyl sites for hydroxylation is 1. The number of amides is 2. The van der Waals surface area contributed by atoms with Crippen molar-refractivity contribution < 1.29 is 9.59 Å². The second-order valence-electron chi connectivity index (χ2n) is 6.30. The monoisotopic (exact) mass is 421 g/mol. The van der Waals surface area contributed by atoms with E-state index in [4.69, 9.17) is 0 Å². The third-order valence-corrected chi connectivity index (χ3v) is 5.99. The van der Waals surface area contributed by atoms with Crippen LogP contribution < -0.4 is 10.6 Å². The third kappa shape index (κ3) is 4.89. The van der Waals surface area contributed by atoms with Gasteiger partial charge in [0.15, 0.2) is 5.13 Å². The minimum absolute atomic E-state index is 0.0492. The molecule has 25 heavy (non-hydrogen) atoms. The Morgan fingerprint density at radius 3 is 2.76 bits per heavy atom. The average molecular weight is 422 g/mol. The molecule has 132 valence electrons. The first kappa shape index (κ1) is 18.1. The van der Waals surface area contributed by atoms with E-state index < -0.39 is 0 Å². The number of benzene rings is 1. The van der Waals surface area contributed by atoms with Gasteiger partial charge in [0, 0.05) is 21.5 Å². The van der Waals surface area contributed by atoms with Gasteiger partial charge in [0.25, 0.3) is 0 Å². The molecule has 1 heterocycles. The quantitative estimate of drug-likeness (QED) is 0.744. The topological polar surface area (TPSA) is 71.1 Å². The summed E-state index contributed by atoms with van der Waals surface area (Å²) in [6.07, 6.45) is 4.34. The Morgan fingerprint density at radius 1 is 1.28 bits per heavy atom. The van der Waals surface area contributed by atoms with Crippen LogP contribution in [-0.2, 0) is 16.0 Å². The predicted molar refractivity (Wildman–Crippen MR) is 104 cm³/mol. The Labute approximate surface area is 159 Å². The van der Waals surface area contributed by atoms with E-state index >= 15 is 0 Å². The molecule has 2 N–H and O–H groups in total. The lowest BCUT2D eigenvalue weighted by Crippen LogP contribution is -2.20. The summed E-state index contributed by atoms with van der Waals surface area (Å²) in [7, 11) is 0. The Morgan fingerprint density at radius 2 is 2.04 bits per heavy atom. The van der Waals surface area contributed by atoms with Crippen molar-refractivity contribution in [3.63, 3.8) is 0 Å².